The Balaban J connectivity index is 1.43. The second-order valence-corrected chi connectivity index (χ2v) is 7.32. The van der Waals surface area contributed by atoms with Gasteiger partial charge in [0.15, 0.2) is 11.7 Å². The van der Waals surface area contributed by atoms with E-state index < -0.39 is 11.6 Å². The van der Waals surface area contributed by atoms with Crippen LogP contribution < -0.4 is 5.32 Å². The van der Waals surface area contributed by atoms with Crippen molar-refractivity contribution < 1.29 is 18.0 Å². The maximum Gasteiger partial charge on any atom is 0.224 e. The molecule has 0 saturated heterocycles. The summed E-state index contributed by atoms with van der Waals surface area (Å²) in [6.45, 7) is 0. The van der Waals surface area contributed by atoms with E-state index in [0.29, 0.717) is 5.69 Å². The van der Waals surface area contributed by atoms with Gasteiger partial charge in [0.25, 0.3) is 0 Å². The lowest BCUT2D eigenvalue weighted by molar-refractivity contribution is -0.116. The van der Waals surface area contributed by atoms with Crippen molar-refractivity contribution in [3.8, 4) is 17.0 Å². The van der Waals surface area contributed by atoms with E-state index >= 15 is 0 Å². The molecule has 0 radical (unpaired) electrons. The largest absolute Gasteiger partial charge is 0.441 e. The van der Waals surface area contributed by atoms with Crippen molar-refractivity contribution >= 4 is 27.5 Å². The molecule has 2 aromatic heterocycles. The van der Waals surface area contributed by atoms with Crippen molar-refractivity contribution in [2.45, 2.75) is 12.8 Å². The van der Waals surface area contributed by atoms with E-state index in [0.717, 1.165) is 22.3 Å². The predicted molar refractivity (Wildman–Crippen MR) is 110 cm³/mol. The van der Waals surface area contributed by atoms with Gasteiger partial charge < -0.3 is 9.73 Å². The maximum absolute atomic E-state index is 13.9. The summed E-state index contributed by atoms with van der Waals surface area (Å²) in [7, 11) is 0. The van der Waals surface area contributed by atoms with E-state index in [1.807, 2.05) is 12.1 Å². The van der Waals surface area contributed by atoms with Gasteiger partial charge >= 0.3 is 0 Å². The van der Waals surface area contributed by atoms with Crippen molar-refractivity contribution in [2.75, 3.05) is 5.32 Å². The SMILES string of the molecule is O=C(CCc1ncc(-c2ccc(F)cc2F)o1)Nc1cc(Br)ccc1-n1cccn1. The number of aromatic nitrogens is 3. The van der Waals surface area contributed by atoms with Crippen molar-refractivity contribution in [1.82, 2.24) is 14.8 Å². The molecule has 0 bridgehead atoms. The Bertz CT molecular complexity index is 1190. The van der Waals surface area contributed by atoms with Crippen LogP contribution in [0.3, 0.4) is 0 Å². The molecular weight excluding hydrogens is 458 g/mol. The van der Waals surface area contributed by atoms with E-state index in [-0.39, 0.29) is 36.0 Å². The molecule has 1 N–H and O–H groups in total. The highest BCUT2D eigenvalue weighted by Crippen LogP contribution is 2.26. The van der Waals surface area contributed by atoms with Gasteiger partial charge in [-0.15, -0.1) is 0 Å². The highest BCUT2D eigenvalue weighted by atomic mass is 79.9. The Morgan fingerprint density at radius 1 is 1.20 bits per heavy atom. The highest BCUT2D eigenvalue weighted by molar-refractivity contribution is 9.10. The number of anilines is 1. The van der Waals surface area contributed by atoms with E-state index in [1.54, 1.807) is 29.2 Å². The zero-order valence-electron chi connectivity index (χ0n) is 15.5. The summed E-state index contributed by atoms with van der Waals surface area (Å²) in [4.78, 5) is 16.5. The number of nitrogens with zero attached hydrogens (tertiary/aromatic N) is 3. The summed E-state index contributed by atoms with van der Waals surface area (Å²) >= 11 is 3.40. The standard InChI is InChI=1S/C21H15BrF2N4O2/c22-13-2-5-18(28-9-1-8-26-28)17(10-13)27-20(29)6-7-21-25-12-19(30-21)15-4-3-14(23)11-16(15)24/h1-5,8-12H,6-7H2,(H,27,29). The van der Waals surface area contributed by atoms with Crippen LogP contribution in [0.15, 0.2) is 69.9 Å². The van der Waals surface area contributed by atoms with Crippen molar-refractivity contribution in [2.24, 2.45) is 0 Å². The second kappa shape index (κ2) is 8.58. The Morgan fingerprint density at radius 2 is 2.07 bits per heavy atom. The molecule has 152 valence electrons. The summed E-state index contributed by atoms with van der Waals surface area (Å²) in [5.41, 5.74) is 1.43. The number of nitrogens with one attached hydrogen (secondary N) is 1. The highest BCUT2D eigenvalue weighted by Gasteiger charge is 2.14. The molecule has 0 saturated carbocycles. The molecule has 1 amide bonds. The first-order valence-electron chi connectivity index (χ1n) is 8.99. The number of carbonyl (C=O) groups excluding carboxylic acids is 1. The third-order valence-electron chi connectivity index (χ3n) is 4.30. The fourth-order valence-electron chi connectivity index (χ4n) is 2.89. The van der Waals surface area contributed by atoms with Gasteiger partial charge in [0, 0.05) is 35.8 Å². The van der Waals surface area contributed by atoms with Crippen LogP contribution in [0.2, 0.25) is 0 Å². The van der Waals surface area contributed by atoms with Gasteiger partial charge in [-0.1, -0.05) is 15.9 Å². The number of halogens is 3. The molecule has 0 aliphatic heterocycles. The second-order valence-electron chi connectivity index (χ2n) is 6.40. The molecule has 30 heavy (non-hydrogen) atoms. The Morgan fingerprint density at radius 3 is 2.83 bits per heavy atom. The average Bonchev–Trinajstić information content (AvgIpc) is 3.39. The molecule has 2 heterocycles. The Hall–Kier alpha value is -3.33. The van der Waals surface area contributed by atoms with Crippen LogP contribution >= 0.6 is 15.9 Å². The first-order chi connectivity index (χ1) is 14.5. The van der Waals surface area contributed by atoms with Gasteiger partial charge in [-0.3, -0.25) is 4.79 Å². The quantitative estimate of drug-likeness (QED) is 0.421. The number of hydrogen-bond donors (Lipinski definition) is 1. The molecule has 0 atom stereocenters. The third kappa shape index (κ3) is 4.46. The zero-order valence-corrected chi connectivity index (χ0v) is 17.1. The molecule has 0 aliphatic carbocycles. The normalized spacial score (nSPS) is 10.9. The number of oxazole rings is 1. The van der Waals surface area contributed by atoms with Crippen LogP contribution in [0.4, 0.5) is 14.5 Å². The lowest BCUT2D eigenvalue weighted by Gasteiger charge is -2.11. The lowest BCUT2D eigenvalue weighted by atomic mass is 10.2. The molecule has 0 spiro atoms. The van der Waals surface area contributed by atoms with Gasteiger partial charge in [0.1, 0.15) is 11.6 Å². The Kier molecular flexibility index (Phi) is 5.71. The minimum atomic E-state index is -0.740. The number of rotatable bonds is 6. The van der Waals surface area contributed by atoms with Gasteiger partial charge in [-0.25, -0.2) is 18.4 Å². The van der Waals surface area contributed by atoms with E-state index in [9.17, 15) is 13.6 Å². The van der Waals surface area contributed by atoms with E-state index in [2.05, 4.69) is 31.3 Å². The predicted octanol–water partition coefficient (Wildman–Crippen LogP) is 5.14. The molecule has 4 rings (SSSR count). The average molecular weight is 473 g/mol. The van der Waals surface area contributed by atoms with Gasteiger partial charge in [-0.05, 0) is 36.4 Å². The summed E-state index contributed by atoms with van der Waals surface area (Å²) in [5, 5.41) is 7.06. The molecule has 0 fully saturated rings. The van der Waals surface area contributed by atoms with Gasteiger partial charge in [-0.2, -0.15) is 5.10 Å². The van der Waals surface area contributed by atoms with Crippen molar-refractivity contribution in [3.63, 3.8) is 0 Å². The minimum absolute atomic E-state index is 0.108. The van der Waals surface area contributed by atoms with Crippen LogP contribution in [0.25, 0.3) is 17.0 Å². The Labute approximate surface area is 178 Å². The zero-order chi connectivity index (χ0) is 21.1. The molecule has 0 unspecified atom stereocenters. The third-order valence-corrected chi connectivity index (χ3v) is 4.79. The van der Waals surface area contributed by atoms with Crippen molar-refractivity contribution in [1.29, 1.82) is 0 Å². The maximum atomic E-state index is 13.9. The monoisotopic (exact) mass is 472 g/mol. The first-order valence-corrected chi connectivity index (χ1v) is 9.78. The molecule has 6 nitrogen and oxygen atoms in total. The number of benzene rings is 2. The van der Waals surface area contributed by atoms with Crippen LogP contribution in [0, 0.1) is 11.6 Å². The summed E-state index contributed by atoms with van der Waals surface area (Å²) < 4.78 is 34.9. The molecule has 0 aliphatic rings. The van der Waals surface area contributed by atoms with Crippen molar-refractivity contribution in [3.05, 3.63) is 83.1 Å². The van der Waals surface area contributed by atoms with Crippen LogP contribution in [0.5, 0.6) is 0 Å². The van der Waals surface area contributed by atoms with E-state index in [4.69, 9.17) is 4.42 Å². The number of amides is 1. The lowest BCUT2D eigenvalue weighted by Crippen LogP contribution is -2.14. The van der Waals surface area contributed by atoms with Crippen LogP contribution in [0.1, 0.15) is 12.3 Å². The number of carbonyl (C=O) groups is 1. The summed E-state index contributed by atoms with van der Waals surface area (Å²) in [6, 6.07) is 10.5. The summed E-state index contributed by atoms with van der Waals surface area (Å²) in [6.07, 6.45) is 5.11. The molecular formula is C21H15BrF2N4O2. The smallest absolute Gasteiger partial charge is 0.224 e. The molecule has 4 aromatic rings. The van der Waals surface area contributed by atoms with E-state index in [1.165, 1.54) is 12.3 Å². The first kappa shape index (κ1) is 20.0. The van der Waals surface area contributed by atoms with Gasteiger partial charge in [0.2, 0.25) is 5.91 Å². The number of hydrogen-bond acceptors (Lipinski definition) is 4. The van der Waals surface area contributed by atoms with Crippen LogP contribution in [-0.2, 0) is 11.2 Å². The summed E-state index contributed by atoms with van der Waals surface area (Å²) in [5.74, 6) is -1.19. The van der Waals surface area contributed by atoms with Gasteiger partial charge in [0.05, 0.1) is 23.1 Å². The minimum Gasteiger partial charge on any atom is -0.441 e. The molecule has 2 aromatic carbocycles. The van der Waals surface area contributed by atoms with Crippen LogP contribution in [-0.4, -0.2) is 20.7 Å². The fraction of sp³-hybridized carbons (Fsp3) is 0.0952. The number of aryl methyl sites for hydroxylation is 1. The molecule has 9 heteroatoms. The fourth-order valence-corrected chi connectivity index (χ4v) is 3.25. The topological polar surface area (TPSA) is 73.0 Å².